The Bertz CT molecular complexity index is 106. The summed E-state index contributed by atoms with van der Waals surface area (Å²) in [7, 11) is -5.17. The molecule has 0 saturated carbocycles. The molecule has 0 aliphatic heterocycles. The fraction of sp³-hybridized carbons (Fsp3) is 0. The van der Waals surface area contributed by atoms with Crippen molar-refractivity contribution in [3.05, 3.63) is 0 Å². The Morgan fingerprint density at radius 3 is 0.615 bits per heavy atom. The Hall–Kier alpha value is 0.617. The third kappa shape index (κ3) is 3740. The quantitative estimate of drug-likeness (QED) is 0.191. The molecule has 0 rings (SSSR count). The maximum atomic E-state index is 8.52. The van der Waals surface area contributed by atoms with Gasteiger partial charge in [0.25, 0.3) is 0 Å². The van der Waals surface area contributed by atoms with Crippen LogP contribution in [0, 0.1) is 0 Å². The van der Waals surface area contributed by atoms with Crippen molar-refractivity contribution in [1.29, 1.82) is 0 Å². The van der Waals surface area contributed by atoms with Crippen LogP contribution in [0.3, 0.4) is 0 Å². The molecule has 0 aliphatic rings. The van der Waals surface area contributed by atoms with Crippen molar-refractivity contribution in [2.75, 3.05) is 0 Å². The summed E-state index contributed by atoms with van der Waals surface area (Å²) in [6.45, 7) is 0. The fourth-order valence-electron chi connectivity index (χ4n) is 0. The van der Waals surface area contributed by atoms with Gasteiger partial charge in [0.15, 0.2) is 0 Å². The molecule has 0 fully saturated rings. The van der Waals surface area contributed by atoms with Gasteiger partial charge >= 0.3 is 33.0 Å². The van der Waals surface area contributed by atoms with Crippen LogP contribution in [0.4, 0.5) is 0 Å². The van der Waals surface area contributed by atoms with Gasteiger partial charge in [-0.3, -0.25) is 8.42 Å². The minimum absolute atomic E-state index is 0. The molecule has 0 saturated heterocycles. The minimum Gasteiger partial charge on any atom is -0.759 e. The van der Waals surface area contributed by atoms with E-state index in [1.807, 2.05) is 0 Å². The zero-order valence-corrected chi connectivity index (χ0v) is 9.71. The predicted octanol–water partition coefficient (Wildman–Crippen LogP) is -0.371. The van der Waals surface area contributed by atoms with Crippen molar-refractivity contribution in [3.63, 3.8) is 0 Å². The average Bonchev–Trinajstić information content (AvgIpc) is 0.722. The molecule has 0 atom stereocenters. The maximum absolute atomic E-state index is 8.52. The first-order chi connectivity index (χ1) is 2.00. The van der Waals surface area contributed by atoms with E-state index in [0.29, 0.717) is 0 Å². The first-order valence-electron chi connectivity index (χ1n) is 0.667. The minimum atomic E-state index is -5.17. The summed E-state index contributed by atoms with van der Waals surface area (Å²) in [5.74, 6) is 0. The van der Waals surface area contributed by atoms with Crippen LogP contribution >= 0.6 is 0 Å². The molecule has 0 amide bonds. The molecule has 0 bridgehead atoms. The fourth-order valence-corrected chi connectivity index (χ4v) is 0. The monoisotopic (exact) mass is 314 g/mol. The first kappa shape index (κ1) is 102. The summed E-state index contributed by atoms with van der Waals surface area (Å²) < 4.78 is 34.1. The number of hydrogen-bond acceptors (Lipinski definition) is 10. The third-order valence-corrected chi connectivity index (χ3v) is 0. The summed E-state index contributed by atoms with van der Waals surface area (Å²) in [6, 6.07) is 0. The normalized spacial score (nSPS) is 4.46. The van der Waals surface area contributed by atoms with Crippen LogP contribution in [0.2, 0.25) is 0 Å². The molecule has 0 aromatic rings. The van der Waals surface area contributed by atoms with E-state index in [0.717, 1.165) is 0 Å². The van der Waals surface area contributed by atoms with Gasteiger partial charge in [0.2, 0.25) is 0 Å². The van der Waals surface area contributed by atoms with Crippen LogP contribution in [-0.4, -0.2) is 17.5 Å². The summed E-state index contributed by atoms with van der Waals surface area (Å²) in [5.41, 5.74) is 0. The van der Waals surface area contributed by atoms with Gasteiger partial charge in [-0.05, 0) is 0 Å². The molecule has 0 aliphatic carbocycles. The van der Waals surface area contributed by atoms with Crippen LogP contribution in [-0.2, 0) is 43.4 Å². The van der Waals surface area contributed by atoms with Crippen molar-refractivity contribution >= 4 is 10.4 Å². The van der Waals surface area contributed by atoms with Gasteiger partial charge in [-0.15, -0.1) is 0 Å². The molecule has 13 heavy (non-hydrogen) atoms. The van der Waals surface area contributed by atoms with Crippen LogP contribution in [0.25, 0.3) is 0 Å². The van der Waals surface area contributed by atoms with E-state index in [1.54, 1.807) is 0 Å². The molecule has 0 unspecified atom stereocenters. The Morgan fingerprint density at radius 2 is 0.615 bits per heavy atom. The van der Waals surface area contributed by atoms with Gasteiger partial charge < -0.3 is 46.0 Å². The van der Waals surface area contributed by atoms with E-state index in [2.05, 4.69) is 0 Å². The number of rotatable bonds is 0. The van der Waals surface area contributed by atoms with Crippen molar-refractivity contribution in [1.82, 2.24) is 36.9 Å². The second-order valence-electron chi connectivity index (χ2n) is 0.408. The van der Waals surface area contributed by atoms with Gasteiger partial charge in [0.05, 0.1) is 0 Å². The average molecular weight is 316 g/mol. The molecule has 0 spiro atoms. The van der Waals surface area contributed by atoms with Crippen molar-refractivity contribution in [3.8, 4) is 0 Å². The van der Waals surface area contributed by atoms with Gasteiger partial charge in [0, 0.05) is 10.4 Å². The van der Waals surface area contributed by atoms with E-state index >= 15 is 0 Å². The van der Waals surface area contributed by atoms with Gasteiger partial charge in [-0.1, -0.05) is 0 Å². The molecule has 98 valence electrons. The second-order valence-corrected chi connectivity index (χ2v) is 1.22. The molecule has 0 heterocycles. The van der Waals surface area contributed by atoms with Crippen molar-refractivity contribution < 1.29 is 50.5 Å². The summed E-state index contributed by atoms with van der Waals surface area (Å²) >= 11 is 0. The summed E-state index contributed by atoms with van der Waals surface area (Å²) in [4.78, 5) is 0. The van der Waals surface area contributed by atoms with Crippen molar-refractivity contribution in [2.24, 2.45) is 0 Å². The maximum Gasteiger partial charge on any atom is 1.00 e. The van der Waals surface area contributed by atoms with E-state index in [4.69, 9.17) is 17.5 Å². The van der Waals surface area contributed by atoms with Crippen molar-refractivity contribution in [2.45, 2.75) is 0 Å². The Balaban J connectivity index is -0.00000000286. The van der Waals surface area contributed by atoms with Crippen LogP contribution in [0.15, 0.2) is 0 Å². The molecule has 0 aromatic heterocycles. The molecular formula is H18N6Ni2O4S. The first-order valence-corrected chi connectivity index (χ1v) is 2.00. The standard InChI is InChI=1S/6H3N.2Ni.H2O4S/c;;;;;;;;1-5(2,3)4/h6*1H3;;;(H2,1,2,3,4)/q;;;;;;2*+1;/p-2. The van der Waals surface area contributed by atoms with Gasteiger partial charge in [-0.25, -0.2) is 0 Å². The SMILES string of the molecule is N.N.N.N.N.N.O=S(=O)([O-])[O-].[Ni+].[Ni+]. The molecule has 0 aromatic carbocycles. The third-order valence-electron chi connectivity index (χ3n) is 0. The Labute approximate surface area is 97.9 Å². The largest absolute Gasteiger partial charge is 1.00 e. The molecule has 2 radical (unpaired) electrons. The van der Waals surface area contributed by atoms with E-state index in [-0.39, 0.29) is 69.9 Å². The van der Waals surface area contributed by atoms with Gasteiger partial charge in [0.1, 0.15) is 0 Å². The van der Waals surface area contributed by atoms with Crippen LogP contribution < -0.4 is 36.9 Å². The Kier molecular flexibility index (Phi) is 304. The second kappa shape index (κ2) is 38.9. The Morgan fingerprint density at radius 1 is 0.615 bits per heavy atom. The van der Waals surface area contributed by atoms with Gasteiger partial charge in [-0.2, -0.15) is 0 Å². The number of hydrogen-bond donors (Lipinski definition) is 6. The van der Waals surface area contributed by atoms with E-state index in [9.17, 15) is 0 Å². The molecule has 18 N–H and O–H groups in total. The molecule has 13 heteroatoms. The zero-order valence-electron chi connectivity index (χ0n) is 6.92. The predicted molar refractivity (Wildman–Crippen MR) is 40.6 cm³/mol. The zero-order chi connectivity index (χ0) is 4.50. The van der Waals surface area contributed by atoms with E-state index in [1.165, 1.54) is 0 Å². The smallest absolute Gasteiger partial charge is 0.759 e. The van der Waals surface area contributed by atoms with Crippen LogP contribution in [0.5, 0.6) is 0 Å². The van der Waals surface area contributed by atoms with Crippen LogP contribution in [0.1, 0.15) is 0 Å². The van der Waals surface area contributed by atoms with E-state index < -0.39 is 10.4 Å². The summed E-state index contributed by atoms with van der Waals surface area (Å²) in [5, 5.41) is 0. The molecular weight excluding hydrogens is 297 g/mol. The topological polar surface area (TPSA) is 290 Å². The molecule has 10 nitrogen and oxygen atoms in total. The summed E-state index contributed by atoms with van der Waals surface area (Å²) in [6.07, 6.45) is 0.